The maximum absolute atomic E-state index is 11.1. The Hall–Kier alpha value is -0.550. The molecule has 1 saturated heterocycles. The largest absolute Gasteiger partial charge is 0.497 e. The Bertz CT molecular complexity index is 260. The Morgan fingerprint density at radius 3 is 2.83 bits per heavy atom. The standard InChI is InChI=1S/C7H9NO2S2/c1-3-10-4(2)5-6(9)8-7(11)12-5/h3H2,1-2H3,(H,8,9,11)/b5-4-. The summed E-state index contributed by atoms with van der Waals surface area (Å²) in [6, 6.07) is 0. The van der Waals surface area contributed by atoms with Crippen molar-refractivity contribution in [2.24, 2.45) is 0 Å². The number of carbonyl (C=O) groups is 1. The lowest BCUT2D eigenvalue weighted by Gasteiger charge is -2.03. The summed E-state index contributed by atoms with van der Waals surface area (Å²) in [5.41, 5.74) is 0. The maximum atomic E-state index is 11.1. The zero-order chi connectivity index (χ0) is 9.14. The van der Waals surface area contributed by atoms with Crippen LogP contribution in [0.2, 0.25) is 0 Å². The van der Waals surface area contributed by atoms with Crippen molar-refractivity contribution in [1.82, 2.24) is 5.32 Å². The van der Waals surface area contributed by atoms with Crippen molar-refractivity contribution in [3.05, 3.63) is 10.7 Å². The predicted octanol–water partition coefficient (Wildman–Crippen LogP) is 1.40. The Labute approximate surface area is 80.5 Å². The number of hydrogen-bond acceptors (Lipinski definition) is 4. The molecule has 66 valence electrons. The second-order valence-corrected chi connectivity index (χ2v) is 3.85. The van der Waals surface area contributed by atoms with E-state index in [9.17, 15) is 4.79 Å². The second kappa shape index (κ2) is 3.91. The molecule has 1 aliphatic rings. The lowest BCUT2D eigenvalue weighted by Crippen LogP contribution is -2.18. The van der Waals surface area contributed by atoms with Crippen LogP contribution < -0.4 is 5.32 Å². The first-order valence-electron chi connectivity index (χ1n) is 3.52. The van der Waals surface area contributed by atoms with Gasteiger partial charge in [0, 0.05) is 0 Å². The molecule has 3 nitrogen and oxygen atoms in total. The highest BCUT2D eigenvalue weighted by atomic mass is 32.2. The molecule has 0 aromatic heterocycles. The minimum absolute atomic E-state index is 0.157. The third-order valence-corrected chi connectivity index (χ3v) is 2.61. The maximum Gasteiger partial charge on any atom is 0.266 e. The van der Waals surface area contributed by atoms with Crippen LogP contribution in [0.3, 0.4) is 0 Å². The molecule has 1 fully saturated rings. The lowest BCUT2D eigenvalue weighted by molar-refractivity contribution is -0.115. The number of rotatable bonds is 2. The number of thioether (sulfide) groups is 1. The molecule has 1 aliphatic heterocycles. The summed E-state index contributed by atoms with van der Waals surface area (Å²) in [6.45, 7) is 4.20. The fraction of sp³-hybridized carbons (Fsp3) is 0.429. The van der Waals surface area contributed by atoms with E-state index in [0.717, 1.165) is 0 Å². The summed E-state index contributed by atoms with van der Waals surface area (Å²) in [7, 11) is 0. The average molecular weight is 203 g/mol. The zero-order valence-corrected chi connectivity index (χ0v) is 8.47. The first-order valence-corrected chi connectivity index (χ1v) is 4.74. The molecule has 0 aliphatic carbocycles. The highest BCUT2D eigenvalue weighted by Crippen LogP contribution is 2.26. The van der Waals surface area contributed by atoms with Gasteiger partial charge in [0.25, 0.3) is 5.91 Å². The smallest absolute Gasteiger partial charge is 0.266 e. The van der Waals surface area contributed by atoms with E-state index in [1.165, 1.54) is 11.8 Å². The van der Waals surface area contributed by atoms with E-state index in [2.05, 4.69) is 5.32 Å². The summed E-state index contributed by atoms with van der Waals surface area (Å²) >= 11 is 6.06. The van der Waals surface area contributed by atoms with Gasteiger partial charge in [-0.25, -0.2) is 0 Å². The SMILES string of the molecule is CCO/C(C)=C1\SC(=S)NC1=O. The third kappa shape index (κ3) is 1.98. The first kappa shape index (κ1) is 9.54. The quantitative estimate of drug-likeness (QED) is 0.418. The molecule has 1 amide bonds. The summed E-state index contributed by atoms with van der Waals surface area (Å²) in [5.74, 6) is 0.482. The van der Waals surface area contributed by atoms with Gasteiger partial charge in [-0.3, -0.25) is 4.79 Å². The van der Waals surface area contributed by atoms with Crippen LogP contribution in [0.5, 0.6) is 0 Å². The van der Waals surface area contributed by atoms with E-state index in [1.54, 1.807) is 6.92 Å². The van der Waals surface area contributed by atoms with Gasteiger partial charge in [-0.05, 0) is 13.8 Å². The molecule has 12 heavy (non-hydrogen) atoms. The second-order valence-electron chi connectivity index (χ2n) is 2.16. The minimum Gasteiger partial charge on any atom is -0.497 e. The minimum atomic E-state index is -0.157. The normalized spacial score (nSPS) is 20.8. The lowest BCUT2D eigenvalue weighted by atomic mass is 10.4. The van der Waals surface area contributed by atoms with Crippen molar-refractivity contribution >= 4 is 34.2 Å². The summed E-state index contributed by atoms with van der Waals surface area (Å²) in [4.78, 5) is 11.7. The van der Waals surface area contributed by atoms with Crippen molar-refractivity contribution in [2.45, 2.75) is 13.8 Å². The molecule has 0 radical (unpaired) electrons. The summed E-state index contributed by atoms with van der Waals surface area (Å²) in [6.07, 6.45) is 0. The number of hydrogen-bond donors (Lipinski definition) is 1. The van der Waals surface area contributed by atoms with Crippen molar-refractivity contribution < 1.29 is 9.53 Å². The molecule has 0 atom stereocenters. The van der Waals surface area contributed by atoms with Gasteiger partial charge in [0.1, 0.15) is 15.0 Å². The van der Waals surface area contributed by atoms with Gasteiger partial charge in [0.2, 0.25) is 0 Å². The van der Waals surface area contributed by atoms with Gasteiger partial charge in [-0.15, -0.1) is 0 Å². The number of thiocarbonyl (C=S) groups is 1. The predicted molar refractivity (Wildman–Crippen MR) is 52.7 cm³/mol. The molecular weight excluding hydrogens is 194 g/mol. The van der Waals surface area contributed by atoms with E-state index in [1.807, 2.05) is 6.92 Å². The molecule has 1 N–H and O–H groups in total. The van der Waals surface area contributed by atoms with Gasteiger partial charge in [0.05, 0.1) is 6.61 Å². The molecule has 0 spiro atoms. The summed E-state index contributed by atoms with van der Waals surface area (Å²) in [5, 5.41) is 2.52. The van der Waals surface area contributed by atoms with Crippen LogP contribution in [0.15, 0.2) is 10.7 Å². The molecule has 0 bridgehead atoms. The molecule has 0 aromatic carbocycles. The monoisotopic (exact) mass is 203 g/mol. The van der Waals surface area contributed by atoms with Crippen LogP contribution in [0.1, 0.15) is 13.8 Å². The van der Waals surface area contributed by atoms with Crippen LogP contribution in [-0.2, 0) is 9.53 Å². The first-order chi connectivity index (χ1) is 5.65. The van der Waals surface area contributed by atoms with Crippen LogP contribution in [0.25, 0.3) is 0 Å². The van der Waals surface area contributed by atoms with Crippen molar-refractivity contribution in [2.75, 3.05) is 6.61 Å². The number of amides is 1. The molecule has 1 rings (SSSR count). The molecule has 0 unspecified atom stereocenters. The number of ether oxygens (including phenoxy) is 1. The van der Waals surface area contributed by atoms with E-state index >= 15 is 0 Å². The van der Waals surface area contributed by atoms with E-state index in [4.69, 9.17) is 17.0 Å². The third-order valence-electron chi connectivity index (χ3n) is 1.30. The molecular formula is C7H9NO2S2. The Morgan fingerprint density at radius 2 is 2.42 bits per heavy atom. The fourth-order valence-corrected chi connectivity index (χ4v) is 1.85. The number of allylic oxidation sites excluding steroid dienone is 1. The fourth-order valence-electron chi connectivity index (χ4n) is 0.828. The Balaban J connectivity index is 2.80. The highest BCUT2D eigenvalue weighted by Gasteiger charge is 2.25. The van der Waals surface area contributed by atoms with Gasteiger partial charge < -0.3 is 10.1 Å². The van der Waals surface area contributed by atoms with Gasteiger partial charge >= 0.3 is 0 Å². The number of carbonyl (C=O) groups excluding carboxylic acids is 1. The Morgan fingerprint density at radius 1 is 1.75 bits per heavy atom. The average Bonchev–Trinajstić information content (AvgIpc) is 2.30. The topological polar surface area (TPSA) is 38.3 Å². The van der Waals surface area contributed by atoms with Crippen LogP contribution in [0, 0.1) is 0 Å². The Kier molecular flexibility index (Phi) is 3.11. The van der Waals surface area contributed by atoms with Gasteiger partial charge in [0.15, 0.2) is 0 Å². The van der Waals surface area contributed by atoms with Crippen LogP contribution in [0.4, 0.5) is 0 Å². The van der Waals surface area contributed by atoms with Crippen LogP contribution in [-0.4, -0.2) is 16.8 Å². The van der Waals surface area contributed by atoms with E-state index < -0.39 is 0 Å². The molecule has 1 heterocycles. The summed E-state index contributed by atoms with van der Waals surface area (Å²) < 4.78 is 5.68. The molecule has 5 heteroatoms. The highest BCUT2D eigenvalue weighted by molar-refractivity contribution is 8.26. The van der Waals surface area contributed by atoms with E-state index in [-0.39, 0.29) is 5.91 Å². The van der Waals surface area contributed by atoms with Crippen molar-refractivity contribution in [3.63, 3.8) is 0 Å². The molecule has 0 saturated carbocycles. The van der Waals surface area contributed by atoms with E-state index in [0.29, 0.717) is 21.6 Å². The zero-order valence-electron chi connectivity index (χ0n) is 6.84. The van der Waals surface area contributed by atoms with Crippen molar-refractivity contribution in [1.29, 1.82) is 0 Å². The van der Waals surface area contributed by atoms with Gasteiger partial charge in [-0.2, -0.15) is 0 Å². The van der Waals surface area contributed by atoms with Crippen LogP contribution >= 0.6 is 24.0 Å². The molecule has 0 aromatic rings. The number of nitrogens with one attached hydrogen (secondary N) is 1. The van der Waals surface area contributed by atoms with Crippen molar-refractivity contribution in [3.8, 4) is 0 Å². The van der Waals surface area contributed by atoms with Gasteiger partial charge in [-0.1, -0.05) is 24.0 Å².